The van der Waals surface area contributed by atoms with Crippen LogP contribution in [-0.4, -0.2) is 344 Å². The van der Waals surface area contributed by atoms with Gasteiger partial charge in [-0.3, -0.25) is 62.3 Å². The van der Waals surface area contributed by atoms with Crippen LogP contribution >= 0.6 is 8.53 Å². The maximum absolute atomic E-state index is 14.7. The number of hydrogen-bond acceptors (Lipinski definition) is 41. The molecule has 3 heterocycles. The summed E-state index contributed by atoms with van der Waals surface area (Å²) in [5.74, 6) is -8.75. The number of carbonyl (C=O) groups is 13. The van der Waals surface area contributed by atoms with Crippen molar-refractivity contribution >= 4 is 85.9 Å². The van der Waals surface area contributed by atoms with Crippen LogP contribution < -0.4 is 35.5 Å². The van der Waals surface area contributed by atoms with Crippen molar-refractivity contribution in [1.29, 1.82) is 5.26 Å². The molecule has 0 radical (unpaired) electrons. The highest BCUT2D eigenvalue weighted by atomic mass is 31.2. The fraction of sp³-hybridized carbons (Fsp3) is 0.756. The number of ether oxygens (including phenoxy) is 24. The third-order valence-corrected chi connectivity index (χ3v) is 20.7. The number of carbonyl (C=O) groups excluding carboxylic acids is 13. The highest BCUT2D eigenvalue weighted by molar-refractivity contribution is 7.44. The Hall–Kier alpha value is -8.95. The molecule has 0 bridgehead atoms. The molecule has 724 valence electrons. The first-order valence-electron chi connectivity index (χ1n) is 42.1. The van der Waals surface area contributed by atoms with Crippen molar-refractivity contribution in [2.75, 3.05) is 145 Å². The fourth-order valence-corrected chi connectivity index (χ4v) is 15.4. The van der Waals surface area contributed by atoms with Gasteiger partial charge in [0.2, 0.25) is 23.5 Å². The van der Waals surface area contributed by atoms with E-state index < -0.39 is 198 Å². The molecule has 16 atom stereocenters. The zero-order valence-electron chi connectivity index (χ0n) is 75.5. The molecular formula is C82H127N6O39P. The molecule has 0 aromatic heterocycles. The maximum atomic E-state index is 14.7. The minimum absolute atomic E-state index is 0.0170. The molecule has 1 aromatic rings. The summed E-state index contributed by atoms with van der Waals surface area (Å²) in [7, 11) is -1.53. The Bertz CT molecular complexity index is 3560. The molecule has 4 fully saturated rings. The fourth-order valence-electron chi connectivity index (χ4n) is 13.6. The SMILES string of the molecule is CC(=O)N[C@H]1[C@H](OCCOCCOCCOc2cc(C(=O)N[C@H]3CC[C@@H](OP(OCCC#N)N(C(C)C)C(C)C)CC3)cc(OCCOCCOCCO[C@@H]3O[C@H](COC(C)=O)[C@H](OC(C)=O)[C@H](OC(C)=O)[C@H]3NC(C)=O)c2OCCOCCOCCO[C@@H]2O[C@H](COC(C)=O)[C@H](OC(C)=O)[C@H](OC(C)=O)[C@H]2NC(C)=O)O[C@H](COC(C)=O)[C@H](OC(C)=O)[C@@H]1OC(C)=O. The van der Waals surface area contributed by atoms with Crippen LogP contribution in [0.3, 0.4) is 0 Å². The third kappa shape index (κ3) is 41.0. The van der Waals surface area contributed by atoms with E-state index >= 15 is 0 Å². The van der Waals surface area contributed by atoms with Gasteiger partial charge in [-0.15, -0.1) is 0 Å². The molecule has 3 aliphatic heterocycles. The molecule has 1 saturated carbocycles. The van der Waals surface area contributed by atoms with E-state index in [-0.39, 0.29) is 179 Å². The average Bonchev–Trinajstić information content (AvgIpc) is 0.810. The van der Waals surface area contributed by atoms with Gasteiger partial charge in [0, 0.05) is 107 Å². The van der Waals surface area contributed by atoms with E-state index in [1.165, 1.54) is 32.9 Å². The van der Waals surface area contributed by atoms with E-state index in [0.717, 1.165) is 62.3 Å². The first kappa shape index (κ1) is 110. The van der Waals surface area contributed by atoms with Gasteiger partial charge in [-0.2, -0.15) is 5.26 Å². The molecule has 3 saturated heterocycles. The van der Waals surface area contributed by atoms with Gasteiger partial charge in [0.25, 0.3) is 14.4 Å². The lowest BCUT2D eigenvalue weighted by atomic mass is 9.93. The standard InChI is InChI=1S/C82H127N6O39P/c1-47(2)88(48(3)4)128(117-23-17-22-83)127-63-20-18-62(19-21-63)87-79(101)61-42-64(108-36-30-102-24-27-105-33-39-111-80-69(84-49(5)89)76(121-58(14)98)73(118-55(11)95)66(124-80)44-114-52(8)92)72(110-38-32-104-26-29-107-35-41-113-82-71(86-51(7)91)78(123-60(16)100)75(120-57(13)97)68(126-82)46-116-54(10)94)65(43-61)109-37-31-103-25-28-106-34-40-112-81-70(85-50(6)90)77(122-59(15)99)74(119-56(12)96)67(125-81)45-115-53(9)93/h42-43,47-48,62-63,66-71,73-78,80-82H,17-21,23-41,44-46H2,1-16H3,(H,84,89)(H,85,90)(H,86,91)(H,87,101)/t62-,63+,66-,67-,68-,69-,70-,71-,73+,74+,75+,76-,77-,78-,80-,81-,82-,128?/m1/s1. The van der Waals surface area contributed by atoms with E-state index in [1.807, 2.05) is 0 Å². The normalized spacial score (nSPS) is 24.0. The Morgan fingerprint density at radius 2 is 0.688 bits per heavy atom. The van der Waals surface area contributed by atoms with Gasteiger partial charge >= 0.3 is 53.7 Å². The molecule has 45 nitrogen and oxygen atoms in total. The highest BCUT2D eigenvalue weighted by Gasteiger charge is 2.55. The predicted molar refractivity (Wildman–Crippen MR) is 438 cm³/mol. The summed E-state index contributed by atoms with van der Waals surface area (Å²) in [5, 5.41) is 20.4. The summed E-state index contributed by atoms with van der Waals surface area (Å²) in [5.41, 5.74) is 0.115. The molecule has 1 unspecified atom stereocenters. The summed E-state index contributed by atoms with van der Waals surface area (Å²) in [6, 6.07) is 1.34. The molecule has 4 N–H and O–H groups in total. The lowest BCUT2D eigenvalue weighted by Gasteiger charge is -2.44. The van der Waals surface area contributed by atoms with E-state index in [1.54, 1.807) is 0 Å². The molecule has 1 aliphatic carbocycles. The monoisotopic (exact) mass is 1850 g/mol. The van der Waals surface area contributed by atoms with Crippen molar-refractivity contribution in [2.24, 2.45) is 0 Å². The van der Waals surface area contributed by atoms with E-state index in [2.05, 4.69) is 59.7 Å². The van der Waals surface area contributed by atoms with Crippen LogP contribution in [0.2, 0.25) is 0 Å². The quantitative estimate of drug-likeness (QED) is 0.0314. The minimum Gasteiger partial charge on any atom is -0.487 e. The summed E-state index contributed by atoms with van der Waals surface area (Å²) >= 11 is 0. The first-order chi connectivity index (χ1) is 61.0. The molecule has 128 heavy (non-hydrogen) atoms. The summed E-state index contributed by atoms with van der Waals surface area (Å²) in [6.07, 6.45) is -13.4. The van der Waals surface area contributed by atoms with Gasteiger partial charge in [0.05, 0.1) is 124 Å². The van der Waals surface area contributed by atoms with E-state index in [0.29, 0.717) is 25.7 Å². The van der Waals surface area contributed by atoms with Crippen LogP contribution in [0, 0.1) is 11.3 Å². The lowest BCUT2D eigenvalue weighted by Crippen LogP contribution is -2.66. The number of nitrogens with zero attached hydrogens (tertiary/aromatic N) is 2. The number of nitrogens with one attached hydrogen (secondary N) is 4. The van der Waals surface area contributed by atoms with Crippen molar-refractivity contribution in [1.82, 2.24) is 25.9 Å². The van der Waals surface area contributed by atoms with Gasteiger partial charge < -0.3 is 144 Å². The van der Waals surface area contributed by atoms with E-state index in [9.17, 15) is 67.6 Å². The zero-order chi connectivity index (χ0) is 94.4. The van der Waals surface area contributed by atoms with Crippen molar-refractivity contribution in [2.45, 2.75) is 259 Å². The minimum atomic E-state index is -1.53. The van der Waals surface area contributed by atoms with Gasteiger partial charge in [0.15, 0.2) is 67.0 Å². The maximum Gasteiger partial charge on any atom is 0.303 e. The largest absolute Gasteiger partial charge is 0.487 e. The molecular weight excluding hydrogens is 1720 g/mol. The molecule has 1 aromatic carbocycles. The Kier molecular flexibility index (Phi) is 50.8. The first-order valence-corrected chi connectivity index (χ1v) is 43.2. The number of benzene rings is 1. The molecule has 4 amide bonds. The third-order valence-electron chi connectivity index (χ3n) is 18.5. The number of rotatable bonds is 58. The second kappa shape index (κ2) is 59.4. The van der Waals surface area contributed by atoms with Crippen molar-refractivity contribution in [3.8, 4) is 23.3 Å². The topological polar surface area (TPSA) is 537 Å². The van der Waals surface area contributed by atoms with Crippen LogP contribution in [0.1, 0.15) is 153 Å². The van der Waals surface area contributed by atoms with Crippen LogP contribution in [0.15, 0.2) is 12.1 Å². The Balaban J connectivity index is 1.33. The lowest BCUT2D eigenvalue weighted by molar-refractivity contribution is -0.279. The zero-order valence-corrected chi connectivity index (χ0v) is 76.4. The summed E-state index contributed by atoms with van der Waals surface area (Å²) < 4.78 is 154. The van der Waals surface area contributed by atoms with Crippen LogP contribution in [0.25, 0.3) is 0 Å². The van der Waals surface area contributed by atoms with Crippen LogP contribution in [0.4, 0.5) is 0 Å². The van der Waals surface area contributed by atoms with Crippen molar-refractivity contribution < 1.29 is 185 Å². The highest BCUT2D eigenvalue weighted by Crippen LogP contribution is 2.49. The Morgan fingerprint density at radius 1 is 0.391 bits per heavy atom. The molecule has 5 rings (SSSR count). The number of amides is 4. The second-order valence-corrected chi connectivity index (χ2v) is 31.3. The van der Waals surface area contributed by atoms with Crippen molar-refractivity contribution in [3.05, 3.63) is 17.7 Å². The number of nitriles is 1. The average molecular weight is 1850 g/mol. The Labute approximate surface area is 744 Å². The Morgan fingerprint density at radius 3 is 0.977 bits per heavy atom. The van der Waals surface area contributed by atoms with Gasteiger partial charge in [-0.25, -0.2) is 4.67 Å². The van der Waals surface area contributed by atoms with Crippen LogP contribution in [-0.2, 0) is 166 Å². The summed E-state index contributed by atoms with van der Waals surface area (Å²) in [6.45, 7) is 19.8. The van der Waals surface area contributed by atoms with E-state index in [4.69, 9.17) is 123 Å². The second-order valence-electron chi connectivity index (χ2n) is 29.9. The predicted octanol–water partition coefficient (Wildman–Crippen LogP) is 2.27. The molecule has 4 aliphatic rings. The van der Waals surface area contributed by atoms with Crippen molar-refractivity contribution in [3.63, 3.8) is 0 Å². The van der Waals surface area contributed by atoms with Gasteiger partial charge in [0.1, 0.15) is 76.1 Å². The van der Waals surface area contributed by atoms with Crippen LogP contribution in [0.5, 0.6) is 17.2 Å². The molecule has 0 spiro atoms. The number of esters is 9. The van der Waals surface area contributed by atoms with Gasteiger partial charge in [-0.1, -0.05) is 0 Å². The van der Waals surface area contributed by atoms with Gasteiger partial charge in [-0.05, 0) is 65.5 Å². The number of hydrogen-bond donors (Lipinski definition) is 4. The smallest absolute Gasteiger partial charge is 0.303 e. The molecule has 46 heteroatoms. The summed E-state index contributed by atoms with van der Waals surface area (Å²) in [4.78, 5) is 162.